The van der Waals surface area contributed by atoms with Gasteiger partial charge in [-0.25, -0.2) is 4.79 Å². The molecule has 1 aromatic carbocycles. The fourth-order valence-corrected chi connectivity index (χ4v) is 2.79. The van der Waals surface area contributed by atoms with E-state index in [2.05, 4.69) is 0 Å². The van der Waals surface area contributed by atoms with E-state index in [4.69, 9.17) is 25.8 Å². The minimum absolute atomic E-state index is 0.104. The number of halogens is 1. The van der Waals surface area contributed by atoms with Gasteiger partial charge in [-0.15, -0.1) is 0 Å². The Morgan fingerprint density at radius 3 is 2.76 bits per heavy atom. The lowest BCUT2D eigenvalue weighted by atomic mass is 10.1. The van der Waals surface area contributed by atoms with Crippen molar-refractivity contribution in [2.75, 3.05) is 6.54 Å². The number of likely N-dealkylation sites (tertiary alicyclic amines) is 1. The number of carbonyl (C=O) groups is 1. The second-order valence-corrected chi connectivity index (χ2v) is 5.83. The molecule has 0 N–H and O–H groups in total. The molecule has 1 unspecified atom stereocenters. The Morgan fingerprint density at radius 1 is 1.38 bits per heavy atom. The number of nitrogens with zero attached hydrogens (tertiary/aromatic N) is 1. The lowest BCUT2D eigenvalue weighted by Gasteiger charge is -2.42. The van der Waals surface area contributed by atoms with Gasteiger partial charge in [-0.2, -0.15) is 0 Å². The van der Waals surface area contributed by atoms with Gasteiger partial charge in [-0.3, -0.25) is 0 Å². The molecule has 0 radical (unpaired) electrons. The van der Waals surface area contributed by atoms with Crippen molar-refractivity contribution in [3.05, 3.63) is 35.9 Å². The molecule has 0 bridgehead atoms. The standard InChI is InChI=1S/C15H18ClNO4/c1-10(16)19-15(18)17-9-5-8-12(17)14-20-13(21-14)11-6-3-2-4-7-11/h2-4,6-7,10,12-14H,5,8-9H2,1H3/t10?,12-,13?,14?/m0/s1. The third-order valence-electron chi connectivity index (χ3n) is 3.70. The zero-order chi connectivity index (χ0) is 14.8. The minimum Gasteiger partial charge on any atom is -0.430 e. The van der Waals surface area contributed by atoms with Gasteiger partial charge < -0.3 is 19.1 Å². The molecule has 3 rings (SSSR count). The highest BCUT2D eigenvalue weighted by molar-refractivity contribution is 6.19. The fourth-order valence-electron chi connectivity index (χ4n) is 2.71. The summed E-state index contributed by atoms with van der Waals surface area (Å²) < 4.78 is 16.6. The van der Waals surface area contributed by atoms with Crippen LogP contribution in [0.1, 0.15) is 31.6 Å². The third kappa shape index (κ3) is 3.15. The van der Waals surface area contributed by atoms with Gasteiger partial charge in [0.25, 0.3) is 0 Å². The summed E-state index contributed by atoms with van der Waals surface area (Å²) >= 11 is 5.70. The second-order valence-electron chi connectivity index (χ2n) is 5.21. The topological polar surface area (TPSA) is 48.0 Å². The van der Waals surface area contributed by atoms with Gasteiger partial charge >= 0.3 is 6.09 Å². The lowest BCUT2D eigenvalue weighted by Crippen LogP contribution is -2.51. The zero-order valence-electron chi connectivity index (χ0n) is 11.8. The number of ether oxygens (including phenoxy) is 3. The Bertz CT molecular complexity index is 490. The first-order valence-electron chi connectivity index (χ1n) is 7.12. The predicted octanol–water partition coefficient (Wildman–Crippen LogP) is 3.24. The Morgan fingerprint density at radius 2 is 2.10 bits per heavy atom. The molecule has 0 saturated carbocycles. The number of benzene rings is 1. The van der Waals surface area contributed by atoms with Gasteiger partial charge in [0.05, 0.1) is 6.04 Å². The first kappa shape index (κ1) is 14.6. The maximum Gasteiger partial charge on any atom is 0.411 e. The van der Waals surface area contributed by atoms with Crippen molar-refractivity contribution in [2.24, 2.45) is 0 Å². The van der Waals surface area contributed by atoms with Crippen molar-refractivity contribution in [3.8, 4) is 0 Å². The van der Waals surface area contributed by atoms with Crippen molar-refractivity contribution in [1.82, 2.24) is 4.90 Å². The predicted molar refractivity (Wildman–Crippen MR) is 76.7 cm³/mol. The first-order valence-corrected chi connectivity index (χ1v) is 7.56. The highest BCUT2D eigenvalue weighted by Crippen LogP contribution is 2.37. The van der Waals surface area contributed by atoms with E-state index in [0.717, 1.165) is 18.4 Å². The largest absolute Gasteiger partial charge is 0.430 e. The van der Waals surface area contributed by atoms with Crippen LogP contribution in [0.4, 0.5) is 4.79 Å². The van der Waals surface area contributed by atoms with Crippen LogP contribution in [0.25, 0.3) is 0 Å². The second kappa shape index (κ2) is 6.22. The number of rotatable bonds is 3. The van der Waals surface area contributed by atoms with E-state index in [0.29, 0.717) is 6.54 Å². The van der Waals surface area contributed by atoms with Crippen LogP contribution in [0, 0.1) is 0 Å². The van der Waals surface area contributed by atoms with Crippen LogP contribution < -0.4 is 0 Å². The number of alkyl halides is 1. The van der Waals surface area contributed by atoms with E-state index < -0.39 is 17.9 Å². The average Bonchev–Trinajstić information content (AvgIpc) is 2.86. The maximum atomic E-state index is 12.0. The molecule has 2 atom stereocenters. The van der Waals surface area contributed by atoms with Crippen LogP contribution in [-0.2, 0) is 14.2 Å². The molecule has 2 aliphatic rings. The van der Waals surface area contributed by atoms with E-state index in [1.807, 2.05) is 30.3 Å². The summed E-state index contributed by atoms with van der Waals surface area (Å²) in [5.74, 6) is 0. The number of hydrogen-bond acceptors (Lipinski definition) is 4. The normalized spacial score (nSPS) is 29.8. The van der Waals surface area contributed by atoms with E-state index in [1.54, 1.807) is 11.8 Å². The van der Waals surface area contributed by atoms with Crippen LogP contribution >= 0.6 is 11.6 Å². The molecule has 0 aromatic heterocycles. The Balaban J connectivity index is 1.57. The van der Waals surface area contributed by atoms with E-state index in [9.17, 15) is 4.79 Å². The van der Waals surface area contributed by atoms with Crippen molar-refractivity contribution in [3.63, 3.8) is 0 Å². The number of amides is 1. The first-order chi connectivity index (χ1) is 10.1. The molecule has 1 amide bonds. The van der Waals surface area contributed by atoms with E-state index in [1.165, 1.54) is 0 Å². The smallest absolute Gasteiger partial charge is 0.411 e. The van der Waals surface area contributed by atoms with Crippen molar-refractivity contribution in [2.45, 2.75) is 44.0 Å². The van der Waals surface area contributed by atoms with Crippen LogP contribution in [0.2, 0.25) is 0 Å². The van der Waals surface area contributed by atoms with Crippen molar-refractivity contribution in [1.29, 1.82) is 0 Å². The van der Waals surface area contributed by atoms with Gasteiger partial charge in [0.1, 0.15) is 0 Å². The monoisotopic (exact) mass is 311 g/mol. The van der Waals surface area contributed by atoms with Gasteiger partial charge in [0.15, 0.2) is 18.1 Å². The Kier molecular flexibility index (Phi) is 4.33. The van der Waals surface area contributed by atoms with Crippen molar-refractivity contribution < 1.29 is 19.0 Å². The van der Waals surface area contributed by atoms with Crippen molar-refractivity contribution >= 4 is 17.7 Å². The van der Waals surface area contributed by atoms with Crippen LogP contribution in [-0.4, -0.2) is 35.4 Å². The molecule has 2 fully saturated rings. The van der Waals surface area contributed by atoms with Gasteiger partial charge in [-0.1, -0.05) is 41.9 Å². The molecule has 6 heteroatoms. The molecular weight excluding hydrogens is 294 g/mol. The zero-order valence-corrected chi connectivity index (χ0v) is 12.5. The van der Waals surface area contributed by atoms with Crippen LogP contribution in [0.3, 0.4) is 0 Å². The molecule has 1 aromatic rings. The Hall–Kier alpha value is -1.30. The third-order valence-corrected chi connectivity index (χ3v) is 3.79. The van der Waals surface area contributed by atoms with E-state index in [-0.39, 0.29) is 12.3 Å². The summed E-state index contributed by atoms with van der Waals surface area (Å²) in [5.41, 5.74) is 0.342. The molecule has 2 aliphatic heterocycles. The Labute approximate surface area is 128 Å². The summed E-state index contributed by atoms with van der Waals surface area (Å²) in [7, 11) is 0. The quantitative estimate of drug-likeness (QED) is 0.804. The lowest BCUT2D eigenvalue weighted by molar-refractivity contribution is -0.402. The minimum atomic E-state index is -0.640. The summed E-state index contributed by atoms with van der Waals surface area (Å²) in [6.07, 6.45) is 0.612. The molecule has 2 saturated heterocycles. The van der Waals surface area contributed by atoms with Gasteiger partial charge in [0.2, 0.25) is 0 Å². The molecule has 2 heterocycles. The maximum absolute atomic E-state index is 12.0. The molecule has 21 heavy (non-hydrogen) atoms. The SMILES string of the molecule is CC(Cl)OC(=O)N1CCC[C@H]1C1OC(c2ccccc2)O1. The van der Waals surface area contributed by atoms with Crippen LogP contribution in [0.5, 0.6) is 0 Å². The van der Waals surface area contributed by atoms with Crippen LogP contribution in [0.15, 0.2) is 30.3 Å². The number of hydrogen-bond donors (Lipinski definition) is 0. The highest BCUT2D eigenvalue weighted by atomic mass is 35.5. The molecular formula is C15H18ClNO4. The van der Waals surface area contributed by atoms with Gasteiger partial charge in [0, 0.05) is 12.1 Å². The highest BCUT2D eigenvalue weighted by Gasteiger charge is 2.44. The number of carbonyl (C=O) groups excluding carboxylic acids is 1. The van der Waals surface area contributed by atoms with Gasteiger partial charge in [-0.05, 0) is 19.8 Å². The molecule has 0 spiro atoms. The fraction of sp³-hybridized carbons (Fsp3) is 0.533. The summed E-state index contributed by atoms with van der Waals surface area (Å²) in [6.45, 7) is 2.26. The molecule has 0 aliphatic carbocycles. The summed E-state index contributed by atoms with van der Waals surface area (Å²) in [5, 5.41) is 0. The molecule has 114 valence electrons. The average molecular weight is 312 g/mol. The van der Waals surface area contributed by atoms with E-state index >= 15 is 0 Å². The summed E-state index contributed by atoms with van der Waals surface area (Å²) in [6, 6.07) is 9.63. The summed E-state index contributed by atoms with van der Waals surface area (Å²) in [4.78, 5) is 13.6. The molecule has 5 nitrogen and oxygen atoms in total.